The molecule has 18 heavy (non-hydrogen) atoms. The van der Waals surface area contributed by atoms with Gasteiger partial charge in [0.05, 0.1) is 0 Å². The maximum absolute atomic E-state index is 6.02. The van der Waals surface area contributed by atoms with E-state index in [1.165, 1.54) is 5.39 Å². The molecule has 3 heteroatoms. The Bertz CT molecular complexity index is 726. The fourth-order valence-corrected chi connectivity index (χ4v) is 2.71. The van der Waals surface area contributed by atoms with Crippen LogP contribution in [0.1, 0.15) is 5.56 Å². The second-order valence-electron chi connectivity index (χ2n) is 4.22. The van der Waals surface area contributed by atoms with Crippen molar-refractivity contribution in [3.05, 3.63) is 60.2 Å². The molecule has 0 fully saturated rings. The molecular formula is C15H9Cl3. The third-order valence-electron chi connectivity index (χ3n) is 3.05. The lowest BCUT2D eigenvalue weighted by Gasteiger charge is -2.15. The molecule has 3 rings (SSSR count). The Hall–Kier alpha value is -0.950. The van der Waals surface area contributed by atoms with Crippen molar-refractivity contribution in [2.45, 2.75) is 3.79 Å². The maximum atomic E-state index is 6.02. The highest BCUT2D eigenvalue weighted by Crippen LogP contribution is 2.42. The first-order valence-electron chi connectivity index (χ1n) is 5.54. The van der Waals surface area contributed by atoms with Gasteiger partial charge in [0.2, 0.25) is 3.79 Å². The summed E-state index contributed by atoms with van der Waals surface area (Å²) in [4.78, 5) is 0. The summed E-state index contributed by atoms with van der Waals surface area (Å²) < 4.78 is -1.40. The summed E-state index contributed by atoms with van der Waals surface area (Å²) in [5, 5.41) is 4.40. The van der Waals surface area contributed by atoms with Gasteiger partial charge in [-0.15, -0.1) is 0 Å². The van der Waals surface area contributed by atoms with E-state index in [4.69, 9.17) is 34.8 Å². The Morgan fingerprint density at radius 1 is 0.667 bits per heavy atom. The van der Waals surface area contributed by atoms with Gasteiger partial charge in [0.15, 0.2) is 0 Å². The van der Waals surface area contributed by atoms with E-state index in [9.17, 15) is 0 Å². The first-order chi connectivity index (χ1) is 8.55. The standard InChI is InChI=1S/C15H9Cl3/c16-15(17,18)14-7-3-6-12-8-10-4-1-2-5-11(10)9-13(12)14/h1-9H. The minimum atomic E-state index is -1.40. The molecule has 3 aromatic rings. The number of hydrogen-bond acceptors (Lipinski definition) is 0. The Labute approximate surface area is 120 Å². The molecule has 0 spiro atoms. The quantitative estimate of drug-likeness (QED) is 0.362. The van der Waals surface area contributed by atoms with Crippen LogP contribution in [0.25, 0.3) is 21.5 Å². The highest BCUT2D eigenvalue weighted by molar-refractivity contribution is 6.67. The second kappa shape index (κ2) is 4.31. The molecule has 0 aliphatic rings. The molecule has 0 heterocycles. The summed E-state index contributed by atoms with van der Waals surface area (Å²) in [6, 6.07) is 18.1. The van der Waals surface area contributed by atoms with Crippen LogP contribution in [0, 0.1) is 0 Å². The molecule has 0 aliphatic carbocycles. The van der Waals surface area contributed by atoms with E-state index in [2.05, 4.69) is 24.3 Å². The molecule has 0 unspecified atom stereocenters. The topological polar surface area (TPSA) is 0 Å². The average Bonchev–Trinajstić information content (AvgIpc) is 2.34. The van der Waals surface area contributed by atoms with Crippen LogP contribution in [-0.4, -0.2) is 0 Å². The van der Waals surface area contributed by atoms with E-state index in [0.29, 0.717) is 0 Å². The molecule has 0 saturated heterocycles. The lowest BCUT2D eigenvalue weighted by atomic mass is 10.0. The van der Waals surface area contributed by atoms with Crippen LogP contribution in [-0.2, 0) is 3.79 Å². The summed E-state index contributed by atoms with van der Waals surface area (Å²) in [6.07, 6.45) is 0. The first kappa shape index (κ1) is 12.1. The normalized spacial score (nSPS) is 12.2. The van der Waals surface area contributed by atoms with Crippen LogP contribution in [0.5, 0.6) is 0 Å². The van der Waals surface area contributed by atoms with Gasteiger partial charge >= 0.3 is 0 Å². The van der Waals surface area contributed by atoms with E-state index in [0.717, 1.165) is 21.7 Å². The molecule has 0 aromatic heterocycles. The number of halogens is 3. The van der Waals surface area contributed by atoms with E-state index in [-0.39, 0.29) is 0 Å². The van der Waals surface area contributed by atoms with Gasteiger partial charge in [-0.05, 0) is 33.7 Å². The number of hydrogen-bond donors (Lipinski definition) is 0. The zero-order chi connectivity index (χ0) is 12.8. The monoisotopic (exact) mass is 294 g/mol. The molecule has 90 valence electrons. The van der Waals surface area contributed by atoms with Crippen LogP contribution >= 0.6 is 34.8 Å². The van der Waals surface area contributed by atoms with Gasteiger partial charge in [-0.1, -0.05) is 77.3 Å². The Kier molecular flexibility index (Phi) is 2.90. The average molecular weight is 296 g/mol. The van der Waals surface area contributed by atoms with Crippen LogP contribution in [0.15, 0.2) is 54.6 Å². The van der Waals surface area contributed by atoms with Gasteiger partial charge in [-0.3, -0.25) is 0 Å². The number of fused-ring (bicyclic) bond motifs is 2. The Morgan fingerprint density at radius 2 is 1.28 bits per heavy atom. The molecule has 0 saturated carbocycles. The zero-order valence-corrected chi connectivity index (χ0v) is 11.6. The van der Waals surface area contributed by atoms with Crippen molar-refractivity contribution >= 4 is 56.3 Å². The fourth-order valence-electron chi connectivity index (χ4n) is 2.21. The maximum Gasteiger partial charge on any atom is 0.216 e. The lowest BCUT2D eigenvalue weighted by molar-refractivity contribution is 1.27. The van der Waals surface area contributed by atoms with Crippen molar-refractivity contribution in [2.75, 3.05) is 0 Å². The molecule has 0 N–H and O–H groups in total. The van der Waals surface area contributed by atoms with Gasteiger partial charge in [-0.2, -0.15) is 0 Å². The second-order valence-corrected chi connectivity index (χ2v) is 6.51. The van der Waals surface area contributed by atoms with Crippen LogP contribution < -0.4 is 0 Å². The van der Waals surface area contributed by atoms with E-state index >= 15 is 0 Å². The fraction of sp³-hybridized carbons (Fsp3) is 0.0667. The summed E-state index contributed by atoms with van der Waals surface area (Å²) in [7, 11) is 0. The molecule has 3 aromatic carbocycles. The van der Waals surface area contributed by atoms with Crippen LogP contribution in [0.3, 0.4) is 0 Å². The lowest BCUT2D eigenvalue weighted by Crippen LogP contribution is -2.00. The highest BCUT2D eigenvalue weighted by Gasteiger charge is 2.24. The Morgan fingerprint density at radius 3 is 1.94 bits per heavy atom. The SMILES string of the molecule is ClC(Cl)(Cl)c1cccc2cc3ccccc3cc12. The predicted octanol–water partition coefficient (Wildman–Crippen LogP) is 5.82. The molecule has 0 bridgehead atoms. The predicted molar refractivity (Wildman–Crippen MR) is 80.7 cm³/mol. The van der Waals surface area contributed by atoms with Crippen molar-refractivity contribution in [3.63, 3.8) is 0 Å². The summed E-state index contributed by atoms with van der Waals surface area (Å²) in [6.45, 7) is 0. The smallest absolute Gasteiger partial charge is 0.0784 e. The van der Waals surface area contributed by atoms with Gasteiger partial charge in [0, 0.05) is 5.56 Å². The van der Waals surface area contributed by atoms with E-state index in [1.807, 2.05) is 30.3 Å². The van der Waals surface area contributed by atoms with Crippen molar-refractivity contribution < 1.29 is 0 Å². The third kappa shape index (κ3) is 2.05. The molecule has 0 aliphatic heterocycles. The highest BCUT2D eigenvalue weighted by atomic mass is 35.6. The van der Waals surface area contributed by atoms with Gasteiger partial charge in [0.25, 0.3) is 0 Å². The summed E-state index contributed by atoms with van der Waals surface area (Å²) in [5.74, 6) is 0. The largest absolute Gasteiger partial charge is 0.216 e. The van der Waals surface area contributed by atoms with Crippen LogP contribution in [0.2, 0.25) is 0 Å². The zero-order valence-electron chi connectivity index (χ0n) is 9.33. The number of benzene rings is 3. The molecule has 0 amide bonds. The summed E-state index contributed by atoms with van der Waals surface area (Å²) >= 11 is 18.1. The molecule has 0 atom stereocenters. The van der Waals surface area contributed by atoms with Crippen molar-refractivity contribution in [3.8, 4) is 0 Å². The van der Waals surface area contributed by atoms with E-state index in [1.54, 1.807) is 0 Å². The molecule has 0 radical (unpaired) electrons. The van der Waals surface area contributed by atoms with E-state index < -0.39 is 3.79 Å². The number of alkyl halides is 3. The molecule has 0 nitrogen and oxygen atoms in total. The third-order valence-corrected chi connectivity index (χ3v) is 3.66. The first-order valence-corrected chi connectivity index (χ1v) is 6.68. The summed E-state index contributed by atoms with van der Waals surface area (Å²) in [5.41, 5.74) is 0.718. The Balaban J connectivity index is 2.44. The van der Waals surface area contributed by atoms with Gasteiger partial charge in [-0.25, -0.2) is 0 Å². The van der Waals surface area contributed by atoms with Crippen molar-refractivity contribution in [2.24, 2.45) is 0 Å². The molecular weight excluding hydrogens is 287 g/mol. The van der Waals surface area contributed by atoms with Crippen LogP contribution in [0.4, 0.5) is 0 Å². The van der Waals surface area contributed by atoms with Gasteiger partial charge < -0.3 is 0 Å². The van der Waals surface area contributed by atoms with Crippen molar-refractivity contribution in [1.82, 2.24) is 0 Å². The minimum Gasteiger partial charge on any atom is -0.0784 e. The van der Waals surface area contributed by atoms with Crippen molar-refractivity contribution in [1.29, 1.82) is 0 Å². The van der Waals surface area contributed by atoms with Gasteiger partial charge in [0.1, 0.15) is 0 Å². The number of rotatable bonds is 0. The minimum absolute atomic E-state index is 0.718.